The third-order valence-electron chi connectivity index (χ3n) is 5.25. The molecule has 3 rings (SSSR count). The molecule has 0 radical (unpaired) electrons. The van der Waals surface area contributed by atoms with Crippen molar-refractivity contribution in [3.8, 4) is 0 Å². The van der Waals surface area contributed by atoms with Crippen molar-refractivity contribution in [3.63, 3.8) is 0 Å². The highest BCUT2D eigenvalue weighted by atomic mass is 32.2. The molecule has 2 aromatic rings. The number of aryl methyl sites for hydroxylation is 2. The summed E-state index contributed by atoms with van der Waals surface area (Å²) < 4.78 is 56.3. The molecule has 0 bridgehead atoms. The highest BCUT2D eigenvalue weighted by Gasteiger charge is 2.50. The number of sulfonamides is 2. The van der Waals surface area contributed by atoms with E-state index in [1.807, 2.05) is 27.7 Å². The highest BCUT2D eigenvalue weighted by molar-refractivity contribution is 7.90. The van der Waals surface area contributed by atoms with Crippen molar-refractivity contribution in [1.29, 1.82) is 0 Å². The monoisotopic (exact) mass is 436 g/mol. The zero-order valence-electron chi connectivity index (χ0n) is 17.4. The van der Waals surface area contributed by atoms with Crippen molar-refractivity contribution in [2.45, 2.75) is 56.6 Å². The van der Waals surface area contributed by atoms with E-state index in [4.69, 9.17) is 0 Å². The number of rotatable bonds is 5. The minimum absolute atomic E-state index is 0.115. The molecule has 1 heterocycles. The second-order valence-electron chi connectivity index (χ2n) is 8.04. The summed E-state index contributed by atoms with van der Waals surface area (Å²) in [6, 6.07) is 12.8. The van der Waals surface area contributed by atoms with Crippen molar-refractivity contribution in [1.82, 2.24) is 8.61 Å². The molecule has 1 saturated heterocycles. The molecule has 0 aromatic heterocycles. The minimum Gasteiger partial charge on any atom is -0.207 e. The van der Waals surface area contributed by atoms with Crippen LogP contribution in [0.2, 0.25) is 0 Å². The maximum absolute atomic E-state index is 13.4. The summed E-state index contributed by atoms with van der Waals surface area (Å²) >= 11 is 0. The number of hydrogen-bond acceptors (Lipinski definition) is 4. The van der Waals surface area contributed by atoms with E-state index in [9.17, 15) is 16.8 Å². The van der Waals surface area contributed by atoms with Crippen molar-refractivity contribution in [3.05, 3.63) is 59.7 Å². The first-order chi connectivity index (χ1) is 13.5. The summed E-state index contributed by atoms with van der Waals surface area (Å²) in [5.41, 5.74) is 1.92. The van der Waals surface area contributed by atoms with Crippen molar-refractivity contribution < 1.29 is 16.8 Å². The average Bonchev–Trinajstić information content (AvgIpc) is 3.01. The standard InChI is InChI=1S/C21H28N2O4S2/c1-15(2)21-22(28(24,25)19-10-6-16(3)7-11-19)14-18(5)23(21)29(26,27)20-12-8-17(4)9-13-20/h6-13,15,18,21H,14H2,1-5H3/t18-,21+/m1/s1. The molecular weight excluding hydrogens is 408 g/mol. The van der Waals surface area contributed by atoms with Gasteiger partial charge in [-0.15, -0.1) is 0 Å². The van der Waals surface area contributed by atoms with Gasteiger partial charge in [-0.1, -0.05) is 49.2 Å². The van der Waals surface area contributed by atoms with Gasteiger partial charge in [0.2, 0.25) is 20.0 Å². The Balaban J connectivity index is 2.07. The van der Waals surface area contributed by atoms with Crippen LogP contribution in [0.15, 0.2) is 58.3 Å². The van der Waals surface area contributed by atoms with Crippen LogP contribution in [0.25, 0.3) is 0 Å². The van der Waals surface area contributed by atoms with E-state index in [0.717, 1.165) is 11.1 Å². The normalized spacial score (nSPS) is 21.7. The van der Waals surface area contributed by atoms with Crippen LogP contribution in [-0.4, -0.2) is 44.2 Å². The summed E-state index contributed by atoms with van der Waals surface area (Å²) in [6.07, 6.45) is -0.789. The third-order valence-corrected chi connectivity index (χ3v) is 9.10. The van der Waals surface area contributed by atoms with Gasteiger partial charge in [-0.25, -0.2) is 16.8 Å². The molecule has 0 spiro atoms. The lowest BCUT2D eigenvalue weighted by Gasteiger charge is -2.33. The largest absolute Gasteiger partial charge is 0.244 e. The van der Waals surface area contributed by atoms with Crippen LogP contribution < -0.4 is 0 Å². The minimum atomic E-state index is -3.85. The second-order valence-corrected chi connectivity index (χ2v) is 11.8. The van der Waals surface area contributed by atoms with Crippen molar-refractivity contribution >= 4 is 20.0 Å². The Morgan fingerprint density at radius 3 is 1.62 bits per heavy atom. The highest BCUT2D eigenvalue weighted by Crippen LogP contribution is 2.36. The Kier molecular flexibility index (Phi) is 5.93. The van der Waals surface area contributed by atoms with E-state index >= 15 is 0 Å². The van der Waals surface area contributed by atoms with Crippen LogP contribution in [0, 0.1) is 19.8 Å². The fourth-order valence-electron chi connectivity index (χ4n) is 3.76. The predicted octanol–water partition coefficient (Wildman–Crippen LogP) is 3.37. The second kappa shape index (κ2) is 7.83. The smallest absolute Gasteiger partial charge is 0.207 e. The van der Waals surface area contributed by atoms with E-state index in [-0.39, 0.29) is 22.3 Å². The molecule has 29 heavy (non-hydrogen) atoms. The van der Waals surface area contributed by atoms with Crippen LogP contribution in [0.4, 0.5) is 0 Å². The average molecular weight is 437 g/mol. The Bertz CT molecular complexity index is 1080. The lowest BCUT2D eigenvalue weighted by Crippen LogP contribution is -2.48. The summed E-state index contributed by atoms with van der Waals surface area (Å²) in [7, 11) is -7.69. The van der Waals surface area contributed by atoms with E-state index < -0.39 is 32.3 Å². The zero-order valence-corrected chi connectivity index (χ0v) is 19.0. The molecule has 8 heteroatoms. The summed E-state index contributed by atoms with van der Waals surface area (Å²) in [5, 5.41) is 0. The van der Waals surface area contributed by atoms with Gasteiger partial charge in [-0.2, -0.15) is 8.61 Å². The lowest BCUT2D eigenvalue weighted by molar-refractivity contribution is 0.208. The molecule has 0 saturated carbocycles. The fourth-order valence-corrected chi connectivity index (χ4v) is 7.52. The van der Waals surface area contributed by atoms with Gasteiger partial charge in [0.15, 0.2) is 0 Å². The fraction of sp³-hybridized carbons (Fsp3) is 0.429. The molecule has 0 N–H and O–H groups in total. The SMILES string of the molecule is Cc1ccc(S(=O)(=O)N2C[C@@H](C)N(S(=O)(=O)c3ccc(C)cc3)[C@H]2C(C)C)cc1. The van der Waals surface area contributed by atoms with Crippen LogP contribution in [-0.2, 0) is 20.0 Å². The van der Waals surface area contributed by atoms with Crippen molar-refractivity contribution in [2.24, 2.45) is 5.92 Å². The van der Waals surface area contributed by atoms with E-state index in [1.165, 1.54) is 8.61 Å². The van der Waals surface area contributed by atoms with Gasteiger partial charge in [-0.05, 0) is 51.0 Å². The lowest BCUT2D eigenvalue weighted by atomic mass is 10.2. The van der Waals surface area contributed by atoms with E-state index in [0.29, 0.717) is 0 Å². The third kappa shape index (κ3) is 3.99. The first-order valence-corrected chi connectivity index (χ1v) is 12.5. The van der Waals surface area contributed by atoms with Gasteiger partial charge >= 0.3 is 0 Å². The maximum atomic E-state index is 13.4. The molecule has 0 aliphatic carbocycles. The summed E-state index contributed by atoms with van der Waals surface area (Å²) in [5.74, 6) is -0.222. The molecule has 0 unspecified atom stereocenters. The zero-order chi connectivity index (χ0) is 21.6. The molecule has 2 aromatic carbocycles. The van der Waals surface area contributed by atoms with Crippen LogP contribution in [0.5, 0.6) is 0 Å². The summed E-state index contributed by atoms with van der Waals surface area (Å²) in [4.78, 5) is 0.353. The van der Waals surface area contributed by atoms with Crippen LogP contribution in [0.1, 0.15) is 31.9 Å². The van der Waals surface area contributed by atoms with Crippen LogP contribution >= 0.6 is 0 Å². The number of hydrogen-bond donors (Lipinski definition) is 0. The van der Waals surface area contributed by atoms with Gasteiger partial charge in [0.1, 0.15) is 0 Å². The number of benzene rings is 2. The van der Waals surface area contributed by atoms with Crippen molar-refractivity contribution in [2.75, 3.05) is 6.54 Å². The molecule has 6 nitrogen and oxygen atoms in total. The quantitative estimate of drug-likeness (QED) is 0.720. The molecule has 1 aliphatic rings. The van der Waals surface area contributed by atoms with Gasteiger partial charge in [0, 0.05) is 12.6 Å². The molecule has 1 fully saturated rings. The Hall–Kier alpha value is -1.74. The van der Waals surface area contributed by atoms with E-state index in [1.54, 1.807) is 55.5 Å². The first kappa shape index (κ1) is 22.0. The molecule has 158 valence electrons. The van der Waals surface area contributed by atoms with E-state index in [2.05, 4.69) is 0 Å². The Morgan fingerprint density at radius 2 is 1.21 bits per heavy atom. The Morgan fingerprint density at radius 1 is 0.793 bits per heavy atom. The van der Waals surface area contributed by atoms with Gasteiger partial charge in [-0.3, -0.25) is 0 Å². The first-order valence-electron chi connectivity index (χ1n) is 9.65. The van der Waals surface area contributed by atoms with Gasteiger partial charge in [0.05, 0.1) is 16.0 Å². The molecule has 0 amide bonds. The Labute approximate surface area is 174 Å². The topological polar surface area (TPSA) is 74.8 Å². The molecular formula is C21H28N2O4S2. The predicted molar refractivity (Wildman–Crippen MR) is 113 cm³/mol. The number of nitrogens with zero attached hydrogens (tertiary/aromatic N) is 2. The summed E-state index contributed by atoms with van der Waals surface area (Å²) in [6.45, 7) is 9.34. The molecule has 1 aliphatic heterocycles. The van der Waals surface area contributed by atoms with Gasteiger partial charge in [0.25, 0.3) is 0 Å². The van der Waals surface area contributed by atoms with Crippen LogP contribution in [0.3, 0.4) is 0 Å². The maximum Gasteiger partial charge on any atom is 0.244 e. The van der Waals surface area contributed by atoms with Gasteiger partial charge < -0.3 is 0 Å². The molecule has 2 atom stereocenters.